The van der Waals surface area contributed by atoms with Crippen molar-refractivity contribution in [2.75, 3.05) is 19.1 Å². The Kier molecular flexibility index (Phi) is 5.22. The van der Waals surface area contributed by atoms with Gasteiger partial charge in [0, 0.05) is 23.0 Å². The van der Waals surface area contributed by atoms with Crippen molar-refractivity contribution in [2.24, 2.45) is 0 Å². The minimum absolute atomic E-state index is 0.322. The number of benzene rings is 1. The summed E-state index contributed by atoms with van der Waals surface area (Å²) in [6.07, 6.45) is 5.84. The van der Waals surface area contributed by atoms with Crippen LogP contribution < -0.4 is 10.1 Å². The smallest absolute Gasteiger partial charge is 0.124 e. The first-order valence-corrected chi connectivity index (χ1v) is 8.14. The number of halogens is 1. The molecule has 1 heterocycles. The van der Waals surface area contributed by atoms with Crippen LogP contribution in [0.25, 0.3) is 0 Å². The molecule has 1 aliphatic heterocycles. The van der Waals surface area contributed by atoms with Gasteiger partial charge in [-0.3, -0.25) is 0 Å². The summed E-state index contributed by atoms with van der Waals surface area (Å²) < 4.78 is 6.06. The Morgan fingerprint density at radius 3 is 3.06 bits per heavy atom. The molecule has 2 atom stereocenters. The number of ether oxygens (including phenoxy) is 1. The first-order valence-electron chi connectivity index (χ1n) is 6.37. The molecule has 2 nitrogen and oxygen atoms in total. The van der Waals surface area contributed by atoms with Gasteiger partial charge in [0.1, 0.15) is 11.9 Å². The number of hydrogen-bond acceptors (Lipinski definition) is 3. The second kappa shape index (κ2) is 6.69. The lowest BCUT2D eigenvalue weighted by atomic mass is 9.95. The number of fused-ring (bicyclic) bond motifs is 1. The standard InChI is InChI=1S/C14H20ClNOS/c1-16-13-9-11(4-3-7-18-2)17-14-6-5-10(15)8-12(13)14/h5-6,8,11,13,16H,3-4,7,9H2,1-2H3. The number of hydrogen-bond donors (Lipinski definition) is 1. The summed E-state index contributed by atoms with van der Waals surface area (Å²) in [6, 6.07) is 6.25. The predicted octanol–water partition coefficient (Wildman–Crippen LogP) is 3.89. The van der Waals surface area contributed by atoms with Gasteiger partial charge >= 0.3 is 0 Å². The molecule has 100 valence electrons. The van der Waals surface area contributed by atoms with Gasteiger partial charge in [0.15, 0.2) is 0 Å². The van der Waals surface area contributed by atoms with Crippen molar-refractivity contribution in [3.8, 4) is 5.75 Å². The van der Waals surface area contributed by atoms with E-state index >= 15 is 0 Å². The van der Waals surface area contributed by atoms with E-state index in [1.54, 1.807) is 0 Å². The van der Waals surface area contributed by atoms with E-state index in [9.17, 15) is 0 Å². The average molecular weight is 286 g/mol. The lowest BCUT2D eigenvalue weighted by Gasteiger charge is -2.32. The van der Waals surface area contributed by atoms with Crippen molar-refractivity contribution in [1.82, 2.24) is 5.32 Å². The molecule has 0 spiro atoms. The number of rotatable bonds is 5. The highest BCUT2D eigenvalue weighted by molar-refractivity contribution is 7.98. The van der Waals surface area contributed by atoms with Crippen LogP contribution in [0, 0.1) is 0 Å². The molecule has 2 rings (SSSR count). The molecule has 0 fully saturated rings. The topological polar surface area (TPSA) is 21.3 Å². The van der Waals surface area contributed by atoms with Crippen LogP contribution in [0.2, 0.25) is 5.02 Å². The lowest BCUT2D eigenvalue weighted by Crippen LogP contribution is -2.31. The van der Waals surface area contributed by atoms with Crippen molar-refractivity contribution in [1.29, 1.82) is 0 Å². The molecule has 0 aliphatic carbocycles. The molecular formula is C14H20ClNOS. The van der Waals surface area contributed by atoms with Gasteiger partial charge in [-0.25, -0.2) is 0 Å². The molecule has 0 aromatic heterocycles. The third kappa shape index (κ3) is 3.34. The van der Waals surface area contributed by atoms with Gasteiger partial charge in [0.25, 0.3) is 0 Å². The van der Waals surface area contributed by atoms with Gasteiger partial charge in [-0.2, -0.15) is 11.8 Å². The summed E-state index contributed by atoms with van der Waals surface area (Å²) in [4.78, 5) is 0. The van der Waals surface area contributed by atoms with Crippen molar-refractivity contribution in [2.45, 2.75) is 31.4 Å². The van der Waals surface area contributed by atoms with Crippen molar-refractivity contribution in [3.05, 3.63) is 28.8 Å². The highest BCUT2D eigenvalue weighted by Gasteiger charge is 2.27. The molecule has 0 saturated heterocycles. The van der Waals surface area contributed by atoms with Gasteiger partial charge in [0.05, 0.1) is 0 Å². The molecule has 1 aromatic rings. The molecule has 0 bridgehead atoms. The van der Waals surface area contributed by atoms with Crippen LogP contribution in [0.5, 0.6) is 5.75 Å². The number of nitrogens with one attached hydrogen (secondary N) is 1. The first-order chi connectivity index (χ1) is 8.74. The number of thioether (sulfide) groups is 1. The molecule has 18 heavy (non-hydrogen) atoms. The van der Waals surface area contributed by atoms with E-state index in [1.807, 2.05) is 37.0 Å². The van der Waals surface area contributed by atoms with Gasteiger partial charge in [0.2, 0.25) is 0 Å². The van der Waals surface area contributed by atoms with Gasteiger partial charge in [-0.05, 0) is 50.1 Å². The van der Waals surface area contributed by atoms with Crippen LogP contribution in [0.15, 0.2) is 18.2 Å². The van der Waals surface area contributed by atoms with E-state index < -0.39 is 0 Å². The lowest BCUT2D eigenvalue weighted by molar-refractivity contribution is 0.142. The zero-order valence-corrected chi connectivity index (χ0v) is 12.5. The Labute approximate surface area is 118 Å². The van der Waals surface area contributed by atoms with Crippen LogP contribution in [-0.2, 0) is 0 Å². The van der Waals surface area contributed by atoms with E-state index in [0.717, 1.165) is 23.6 Å². The first kappa shape index (κ1) is 14.0. The summed E-state index contributed by atoms with van der Waals surface area (Å²) >= 11 is 7.95. The maximum absolute atomic E-state index is 6.06. The zero-order valence-electron chi connectivity index (χ0n) is 10.9. The predicted molar refractivity (Wildman–Crippen MR) is 79.9 cm³/mol. The van der Waals surface area contributed by atoms with Crippen LogP contribution in [0.4, 0.5) is 0 Å². The normalized spacial score (nSPS) is 22.4. The van der Waals surface area contributed by atoms with E-state index in [0.29, 0.717) is 12.1 Å². The Hall–Kier alpha value is -0.380. The summed E-state index contributed by atoms with van der Waals surface area (Å²) in [5, 5.41) is 4.14. The Balaban J connectivity index is 2.08. The SMILES string of the molecule is CNC1CC(CCCSC)Oc2ccc(Cl)cc21. The minimum atomic E-state index is 0.322. The van der Waals surface area contributed by atoms with Gasteiger partial charge < -0.3 is 10.1 Å². The fourth-order valence-corrected chi connectivity index (χ4v) is 3.06. The van der Waals surface area contributed by atoms with Gasteiger partial charge in [-0.1, -0.05) is 11.6 Å². The second-order valence-corrected chi connectivity index (χ2v) is 6.06. The summed E-state index contributed by atoms with van der Waals surface area (Å²) in [6.45, 7) is 0. The molecule has 0 radical (unpaired) electrons. The molecule has 0 amide bonds. The summed E-state index contributed by atoms with van der Waals surface area (Å²) in [5.41, 5.74) is 1.19. The minimum Gasteiger partial charge on any atom is -0.490 e. The zero-order chi connectivity index (χ0) is 13.0. The molecular weight excluding hydrogens is 266 g/mol. The molecule has 2 unspecified atom stereocenters. The summed E-state index contributed by atoms with van der Waals surface area (Å²) in [7, 11) is 2.00. The Morgan fingerprint density at radius 2 is 2.33 bits per heavy atom. The summed E-state index contributed by atoms with van der Waals surface area (Å²) in [5.74, 6) is 2.19. The molecule has 0 saturated carbocycles. The monoisotopic (exact) mass is 285 g/mol. The van der Waals surface area contributed by atoms with Gasteiger partial charge in [-0.15, -0.1) is 0 Å². The van der Waals surface area contributed by atoms with E-state index in [1.165, 1.54) is 17.7 Å². The fraction of sp³-hybridized carbons (Fsp3) is 0.571. The van der Waals surface area contributed by atoms with E-state index in [-0.39, 0.29) is 0 Å². The Morgan fingerprint density at radius 1 is 1.50 bits per heavy atom. The van der Waals surface area contributed by atoms with Crippen LogP contribution in [-0.4, -0.2) is 25.2 Å². The van der Waals surface area contributed by atoms with Crippen LogP contribution in [0.3, 0.4) is 0 Å². The molecule has 4 heteroatoms. The molecule has 1 aliphatic rings. The molecule has 1 aromatic carbocycles. The highest BCUT2D eigenvalue weighted by Crippen LogP contribution is 2.37. The average Bonchev–Trinajstić information content (AvgIpc) is 2.38. The molecule has 1 N–H and O–H groups in total. The van der Waals surface area contributed by atoms with Crippen LogP contribution >= 0.6 is 23.4 Å². The van der Waals surface area contributed by atoms with E-state index in [2.05, 4.69) is 11.6 Å². The van der Waals surface area contributed by atoms with Crippen LogP contribution in [0.1, 0.15) is 30.9 Å². The Bertz CT molecular complexity index is 399. The van der Waals surface area contributed by atoms with Crippen molar-refractivity contribution in [3.63, 3.8) is 0 Å². The van der Waals surface area contributed by atoms with Crippen molar-refractivity contribution < 1.29 is 4.74 Å². The van der Waals surface area contributed by atoms with Crippen molar-refractivity contribution >= 4 is 23.4 Å². The van der Waals surface area contributed by atoms with E-state index in [4.69, 9.17) is 16.3 Å². The highest BCUT2D eigenvalue weighted by atomic mass is 35.5. The third-order valence-corrected chi connectivity index (χ3v) is 4.29. The quantitative estimate of drug-likeness (QED) is 0.829. The second-order valence-electron chi connectivity index (χ2n) is 4.63. The largest absolute Gasteiger partial charge is 0.490 e. The fourth-order valence-electron chi connectivity index (χ4n) is 2.42. The maximum Gasteiger partial charge on any atom is 0.124 e. The third-order valence-electron chi connectivity index (χ3n) is 3.36. The maximum atomic E-state index is 6.06.